The Bertz CT molecular complexity index is 1580. The van der Waals surface area contributed by atoms with E-state index in [1.165, 1.54) is 37.4 Å². The summed E-state index contributed by atoms with van der Waals surface area (Å²) in [4.78, 5) is 50.8. The van der Waals surface area contributed by atoms with E-state index < -0.39 is 22.7 Å². The van der Waals surface area contributed by atoms with Gasteiger partial charge in [-0.2, -0.15) is 0 Å². The van der Waals surface area contributed by atoms with Crippen molar-refractivity contribution >= 4 is 39.9 Å². The fourth-order valence-corrected chi connectivity index (χ4v) is 4.41. The quantitative estimate of drug-likeness (QED) is 0.250. The maximum absolute atomic E-state index is 13.6. The van der Waals surface area contributed by atoms with E-state index in [2.05, 4.69) is 0 Å². The Labute approximate surface area is 197 Å². The molecule has 1 aliphatic heterocycles. The Balaban J connectivity index is 1.80. The van der Waals surface area contributed by atoms with Crippen molar-refractivity contribution in [1.82, 2.24) is 0 Å². The minimum absolute atomic E-state index is 0.0127. The third kappa shape index (κ3) is 3.29. The highest BCUT2D eigenvalue weighted by molar-refractivity contribution is 6.37. The first kappa shape index (κ1) is 21.8. The number of rotatable bonds is 5. The Morgan fingerprint density at radius 2 is 1.63 bits per heavy atom. The molecule has 9 nitrogen and oxygen atoms in total. The molecule has 0 saturated carbocycles. The highest BCUT2D eigenvalue weighted by atomic mass is 16.6. The number of para-hydroxylation sites is 2. The number of aromatic carboxylic acids is 1. The van der Waals surface area contributed by atoms with Crippen molar-refractivity contribution in [3.05, 3.63) is 99.6 Å². The summed E-state index contributed by atoms with van der Waals surface area (Å²) in [5, 5.41) is 21.9. The van der Waals surface area contributed by atoms with Gasteiger partial charge >= 0.3 is 5.97 Å². The van der Waals surface area contributed by atoms with Crippen LogP contribution in [0.25, 0.3) is 21.9 Å². The molecule has 1 aliphatic rings. The van der Waals surface area contributed by atoms with E-state index in [9.17, 15) is 29.6 Å². The molecule has 1 heterocycles. The molecule has 35 heavy (non-hydrogen) atoms. The minimum atomic E-state index is -1.13. The number of amides is 2. The van der Waals surface area contributed by atoms with Crippen molar-refractivity contribution in [1.29, 1.82) is 0 Å². The number of hydrogen-bond donors (Lipinski definition) is 1. The zero-order valence-corrected chi connectivity index (χ0v) is 18.2. The van der Waals surface area contributed by atoms with Gasteiger partial charge in [-0.25, -0.2) is 9.69 Å². The summed E-state index contributed by atoms with van der Waals surface area (Å²) in [6, 6.07) is 18.1. The second-order valence-electron chi connectivity index (χ2n) is 7.80. The number of nitro benzene ring substituents is 1. The zero-order valence-electron chi connectivity index (χ0n) is 18.2. The van der Waals surface area contributed by atoms with E-state index in [0.29, 0.717) is 22.1 Å². The van der Waals surface area contributed by atoms with Gasteiger partial charge in [0.1, 0.15) is 5.75 Å². The number of carbonyl (C=O) groups is 3. The molecule has 5 rings (SSSR count). The van der Waals surface area contributed by atoms with Gasteiger partial charge in [0.15, 0.2) is 0 Å². The number of ether oxygens (including phenoxy) is 1. The lowest BCUT2D eigenvalue weighted by molar-refractivity contribution is -0.384. The predicted molar refractivity (Wildman–Crippen MR) is 127 cm³/mol. The molecule has 0 bridgehead atoms. The third-order valence-corrected chi connectivity index (χ3v) is 5.95. The van der Waals surface area contributed by atoms with Gasteiger partial charge in [0.2, 0.25) is 0 Å². The van der Waals surface area contributed by atoms with Gasteiger partial charge in [0.25, 0.3) is 17.5 Å². The summed E-state index contributed by atoms with van der Waals surface area (Å²) < 4.78 is 5.33. The number of hydrogen-bond acceptors (Lipinski definition) is 6. The van der Waals surface area contributed by atoms with Gasteiger partial charge in [-0.1, -0.05) is 36.4 Å². The second kappa shape index (κ2) is 8.07. The summed E-state index contributed by atoms with van der Waals surface area (Å²) in [6.45, 7) is 0. The first-order chi connectivity index (χ1) is 16.8. The smallest absolute Gasteiger partial charge is 0.335 e. The molecule has 1 N–H and O–H groups in total. The maximum atomic E-state index is 13.6. The molecule has 0 aliphatic carbocycles. The lowest BCUT2D eigenvalue weighted by Gasteiger charge is -2.28. The number of methoxy groups -OCH3 is 1. The standard InChI is InChI=1S/C26H16N2O7/c1-35-21-8-3-2-7-19(21)27-24(29)17-6-4-5-16-22(14-9-11-15(12-10-14)26(31)32)20(28(33)34)13-18(23(16)17)25(27)30/h2-13H,1H3,(H,31,32). The molecule has 2 amide bonds. The van der Waals surface area contributed by atoms with Crippen LogP contribution in [0.2, 0.25) is 0 Å². The molecule has 4 aromatic rings. The van der Waals surface area contributed by atoms with E-state index in [0.717, 1.165) is 4.90 Å². The van der Waals surface area contributed by atoms with Crippen LogP contribution in [0.15, 0.2) is 72.8 Å². The number of carboxylic acids is 1. The Morgan fingerprint density at radius 3 is 2.29 bits per heavy atom. The highest BCUT2D eigenvalue weighted by Gasteiger charge is 2.38. The average Bonchev–Trinajstić information content (AvgIpc) is 2.87. The van der Waals surface area contributed by atoms with E-state index in [-0.39, 0.29) is 33.6 Å². The number of nitrogens with zero attached hydrogens (tertiary/aromatic N) is 2. The van der Waals surface area contributed by atoms with Crippen LogP contribution in [0.3, 0.4) is 0 Å². The topological polar surface area (TPSA) is 127 Å². The van der Waals surface area contributed by atoms with Gasteiger partial charge in [-0.05, 0) is 41.3 Å². The fourth-order valence-electron chi connectivity index (χ4n) is 4.41. The average molecular weight is 468 g/mol. The molecule has 172 valence electrons. The van der Waals surface area contributed by atoms with Crippen LogP contribution in [-0.2, 0) is 0 Å². The molecular weight excluding hydrogens is 452 g/mol. The summed E-state index contributed by atoms with van der Waals surface area (Å²) in [7, 11) is 1.42. The monoisotopic (exact) mass is 468 g/mol. The van der Waals surface area contributed by atoms with Crippen molar-refractivity contribution in [2.75, 3.05) is 12.0 Å². The van der Waals surface area contributed by atoms with Crippen LogP contribution in [0.1, 0.15) is 31.1 Å². The van der Waals surface area contributed by atoms with E-state index in [1.54, 1.807) is 42.5 Å². The van der Waals surface area contributed by atoms with E-state index in [1.807, 2.05) is 0 Å². The van der Waals surface area contributed by atoms with Crippen molar-refractivity contribution in [3.63, 3.8) is 0 Å². The molecule has 0 atom stereocenters. The summed E-state index contributed by atoms with van der Waals surface area (Å²) in [5.74, 6) is -2.12. The summed E-state index contributed by atoms with van der Waals surface area (Å²) in [6.07, 6.45) is 0. The van der Waals surface area contributed by atoms with Gasteiger partial charge in [0.05, 0.1) is 34.4 Å². The van der Waals surface area contributed by atoms with Crippen molar-refractivity contribution in [3.8, 4) is 16.9 Å². The van der Waals surface area contributed by atoms with Gasteiger partial charge in [0, 0.05) is 17.0 Å². The Hall–Kier alpha value is -5.05. The number of carboxylic acid groups (broad SMARTS) is 1. The maximum Gasteiger partial charge on any atom is 0.335 e. The predicted octanol–water partition coefficient (Wildman–Crippen LogP) is 4.92. The first-order valence-electron chi connectivity index (χ1n) is 10.4. The summed E-state index contributed by atoms with van der Waals surface area (Å²) >= 11 is 0. The normalized spacial score (nSPS) is 12.7. The second-order valence-corrected chi connectivity index (χ2v) is 7.80. The molecule has 0 radical (unpaired) electrons. The number of anilines is 1. The lowest BCUT2D eigenvalue weighted by atomic mass is 9.87. The van der Waals surface area contributed by atoms with Crippen LogP contribution in [0.4, 0.5) is 11.4 Å². The van der Waals surface area contributed by atoms with Crippen molar-refractivity contribution in [2.24, 2.45) is 0 Å². The Morgan fingerprint density at radius 1 is 0.943 bits per heavy atom. The van der Waals surface area contributed by atoms with Gasteiger partial charge < -0.3 is 9.84 Å². The molecule has 0 fully saturated rings. The number of nitro groups is 1. The molecule has 0 unspecified atom stereocenters. The molecule has 4 aromatic carbocycles. The van der Waals surface area contributed by atoms with Crippen LogP contribution in [-0.4, -0.2) is 34.9 Å². The molecule has 0 aromatic heterocycles. The van der Waals surface area contributed by atoms with Gasteiger partial charge in [-0.15, -0.1) is 0 Å². The minimum Gasteiger partial charge on any atom is -0.495 e. The van der Waals surface area contributed by atoms with Gasteiger partial charge in [-0.3, -0.25) is 19.7 Å². The number of carbonyl (C=O) groups excluding carboxylic acids is 2. The fraction of sp³-hybridized carbons (Fsp3) is 0.0385. The zero-order chi connectivity index (χ0) is 24.9. The third-order valence-electron chi connectivity index (χ3n) is 5.95. The van der Waals surface area contributed by atoms with Crippen LogP contribution >= 0.6 is 0 Å². The number of imide groups is 1. The molecule has 0 saturated heterocycles. The van der Waals surface area contributed by atoms with Crippen molar-refractivity contribution in [2.45, 2.75) is 0 Å². The lowest BCUT2D eigenvalue weighted by Crippen LogP contribution is -2.40. The van der Waals surface area contributed by atoms with E-state index in [4.69, 9.17) is 4.74 Å². The SMILES string of the molecule is COc1ccccc1N1C(=O)c2cccc3c(-c4ccc(C(=O)O)cc4)c([N+](=O)[O-])cc(c23)C1=O. The highest BCUT2D eigenvalue weighted by Crippen LogP contribution is 2.44. The first-order valence-corrected chi connectivity index (χ1v) is 10.4. The molecule has 9 heteroatoms. The van der Waals surface area contributed by atoms with Crippen LogP contribution in [0, 0.1) is 10.1 Å². The largest absolute Gasteiger partial charge is 0.495 e. The summed E-state index contributed by atoms with van der Waals surface area (Å²) in [5.41, 5.74) is 0.715. The molecular formula is C26H16N2O7. The van der Waals surface area contributed by atoms with Crippen molar-refractivity contribution < 1.29 is 29.2 Å². The molecule has 0 spiro atoms. The van der Waals surface area contributed by atoms with Crippen LogP contribution in [0.5, 0.6) is 5.75 Å². The number of benzene rings is 4. The van der Waals surface area contributed by atoms with Crippen LogP contribution < -0.4 is 9.64 Å². The Kier molecular flexibility index (Phi) is 5.02. The van der Waals surface area contributed by atoms with E-state index >= 15 is 0 Å².